The highest BCUT2D eigenvalue weighted by Crippen LogP contribution is 2.60. The SMILES string of the molecule is CCNC(=O)COC(=O)CNC(=O)C12CC3CC(CC(C3)C1)C2. The van der Waals surface area contributed by atoms with Crippen LogP contribution in [0, 0.1) is 23.2 Å². The van der Waals surface area contributed by atoms with E-state index in [9.17, 15) is 14.4 Å². The Labute approximate surface area is 136 Å². The summed E-state index contributed by atoms with van der Waals surface area (Å²) in [6.07, 6.45) is 6.75. The van der Waals surface area contributed by atoms with Crippen LogP contribution in [-0.2, 0) is 19.1 Å². The first-order valence-electron chi connectivity index (χ1n) is 8.71. The van der Waals surface area contributed by atoms with Gasteiger partial charge in [0.15, 0.2) is 6.61 Å². The molecule has 4 rings (SSSR count). The lowest BCUT2D eigenvalue weighted by Gasteiger charge is -2.55. The molecule has 4 aliphatic rings. The number of esters is 1. The van der Waals surface area contributed by atoms with Gasteiger partial charge in [-0.3, -0.25) is 14.4 Å². The van der Waals surface area contributed by atoms with Crippen molar-refractivity contribution in [2.45, 2.75) is 45.4 Å². The van der Waals surface area contributed by atoms with Crippen molar-refractivity contribution in [3.05, 3.63) is 0 Å². The maximum absolute atomic E-state index is 12.6. The topological polar surface area (TPSA) is 84.5 Å². The summed E-state index contributed by atoms with van der Waals surface area (Å²) in [7, 11) is 0. The average molecular weight is 322 g/mol. The number of likely N-dealkylation sites (N-methyl/N-ethyl adjacent to an activating group) is 1. The molecule has 0 atom stereocenters. The summed E-state index contributed by atoms with van der Waals surface area (Å²) in [5.74, 6) is 1.19. The van der Waals surface area contributed by atoms with Crippen molar-refractivity contribution in [1.29, 1.82) is 0 Å². The van der Waals surface area contributed by atoms with Gasteiger partial charge in [-0.05, 0) is 63.2 Å². The van der Waals surface area contributed by atoms with E-state index in [1.54, 1.807) is 6.92 Å². The number of carbonyl (C=O) groups excluding carboxylic acids is 3. The molecule has 0 radical (unpaired) electrons. The van der Waals surface area contributed by atoms with Crippen molar-refractivity contribution in [3.63, 3.8) is 0 Å². The second-order valence-corrected chi connectivity index (χ2v) is 7.49. The number of ether oxygens (including phenoxy) is 1. The summed E-state index contributed by atoms with van der Waals surface area (Å²) in [6, 6.07) is 0. The molecule has 0 aromatic carbocycles. The third kappa shape index (κ3) is 3.51. The van der Waals surface area contributed by atoms with Gasteiger partial charge in [0.05, 0.1) is 0 Å². The summed E-state index contributed by atoms with van der Waals surface area (Å²) in [5, 5.41) is 5.30. The van der Waals surface area contributed by atoms with Crippen molar-refractivity contribution < 1.29 is 19.1 Å². The van der Waals surface area contributed by atoms with Gasteiger partial charge >= 0.3 is 5.97 Å². The molecule has 0 spiro atoms. The van der Waals surface area contributed by atoms with Gasteiger partial charge in [0.2, 0.25) is 5.91 Å². The van der Waals surface area contributed by atoms with Crippen LogP contribution in [0.5, 0.6) is 0 Å². The van der Waals surface area contributed by atoms with E-state index in [-0.39, 0.29) is 30.4 Å². The molecule has 0 saturated heterocycles. The molecule has 128 valence electrons. The number of nitrogens with one attached hydrogen (secondary N) is 2. The predicted molar refractivity (Wildman–Crippen MR) is 83.3 cm³/mol. The Morgan fingerprint density at radius 1 is 1.00 bits per heavy atom. The smallest absolute Gasteiger partial charge is 0.325 e. The predicted octanol–water partition coefficient (Wildman–Crippen LogP) is 0.998. The Balaban J connectivity index is 1.46. The average Bonchev–Trinajstić information content (AvgIpc) is 2.49. The summed E-state index contributed by atoms with van der Waals surface area (Å²) >= 11 is 0. The van der Waals surface area contributed by atoms with E-state index in [1.165, 1.54) is 19.3 Å². The molecule has 4 aliphatic carbocycles. The van der Waals surface area contributed by atoms with Gasteiger partial charge < -0.3 is 15.4 Å². The Kier molecular flexibility index (Phi) is 4.60. The number of amides is 2. The van der Waals surface area contributed by atoms with Crippen molar-refractivity contribution in [3.8, 4) is 0 Å². The molecule has 6 heteroatoms. The van der Waals surface area contributed by atoms with Crippen LogP contribution in [0.4, 0.5) is 0 Å². The molecule has 4 saturated carbocycles. The molecule has 4 bridgehead atoms. The minimum atomic E-state index is -0.561. The molecule has 0 aliphatic heterocycles. The minimum Gasteiger partial charge on any atom is -0.454 e. The van der Waals surface area contributed by atoms with Crippen molar-refractivity contribution in [2.24, 2.45) is 23.2 Å². The van der Waals surface area contributed by atoms with Crippen LogP contribution in [0.15, 0.2) is 0 Å². The molecule has 2 N–H and O–H groups in total. The summed E-state index contributed by atoms with van der Waals surface area (Å²) in [6.45, 7) is 1.85. The molecule has 23 heavy (non-hydrogen) atoms. The van der Waals surface area contributed by atoms with E-state index >= 15 is 0 Å². The van der Waals surface area contributed by atoms with E-state index in [0.717, 1.165) is 19.3 Å². The molecule has 2 amide bonds. The Bertz CT molecular complexity index is 468. The first-order chi connectivity index (χ1) is 11.0. The molecule has 0 aromatic heterocycles. The third-order valence-electron chi connectivity index (χ3n) is 5.65. The summed E-state index contributed by atoms with van der Waals surface area (Å²) < 4.78 is 4.86. The summed E-state index contributed by atoms with van der Waals surface area (Å²) in [4.78, 5) is 35.5. The largest absolute Gasteiger partial charge is 0.454 e. The Morgan fingerprint density at radius 2 is 1.57 bits per heavy atom. The fourth-order valence-corrected chi connectivity index (χ4v) is 5.17. The van der Waals surface area contributed by atoms with E-state index in [2.05, 4.69) is 10.6 Å². The van der Waals surface area contributed by atoms with E-state index < -0.39 is 5.97 Å². The van der Waals surface area contributed by atoms with Crippen LogP contribution in [-0.4, -0.2) is 37.5 Å². The minimum absolute atomic E-state index is 0.00607. The summed E-state index contributed by atoms with van der Waals surface area (Å²) in [5.41, 5.74) is -0.255. The van der Waals surface area contributed by atoms with Crippen LogP contribution in [0.2, 0.25) is 0 Å². The number of hydrogen-bond donors (Lipinski definition) is 2. The van der Waals surface area contributed by atoms with Gasteiger partial charge in [-0.2, -0.15) is 0 Å². The van der Waals surface area contributed by atoms with E-state index in [4.69, 9.17) is 4.74 Å². The maximum Gasteiger partial charge on any atom is 0.325 e. The van der Waals surface area contributed by atoms with Crippen LogP contribution in [0.3, 0.4) is 0 Å². The Hall–Kier alpha value is -1.59. The van der Waals surface area contributed by atoms with E-state index in [0.29, 0.717) is 24.3 Å². The molecule has 0 heterocycles. The lowest BCUT2D eigenvalue weighted by atomic mass is 9.49. The van der Waals surface area contributed by atoms with Gasteiger partial charge in [0, 0.05) is 12.0 Å². The number of hydrogen-bond acceptors (Lipinski definition) is 4. The zero-order chi connectivity index (χ0) is 16.4. The quantitative estimate of drug-likeness (QED) is 0.715. The standard InChI is InChI=1S/C17H26N2O4/c1-2-18-14(20)10-23-15(21)9-19-16(22)17-6-11-3-12(7-17)5-13(4-11)8-17/h11-13H,2-10H2,1H3,(H,18,20)(H,19,22). The third-order valence-corrected chi connectivity index (χ3v) is 5.65. The zero-order valence-corrected chi connectivity index (χ0v) is 13.7. The molecule has 6 nitrogen and oxygen atoms in total. The van der Waals surface area contributed by atoms with Gasteiger partial charge in [-0.25, -0.2) is 0 Å². The van der Waals surface area contributed by atoms with Gasteiger partial charge in [0.25, 0.3) is 5.91 Å². The lowest BCUT2D eigenvalue weighted by molar-refractivity contribution is -0.152. The van der Waals surface area contributed by atoms with Crippen LogP contribution in [0.25, 0.3) is 0 Å². The maximum atomic E-state index is 12.6. The number of carbonyl (C=O) groups is 3. The molecule has 0 unspecified atom stereocenters. The first kappa shape index (κ1) is 16.3. The monoisotopic (exact) mass is 322 g/mol. The van der Waals surface area contributed by atoms with Crippen molar-refractivity contribution >= 4 is 17.8 Å². The highest BCUT2D eigenvalue weighted by atomic mass is 16.5. The fraction of sp³-hybridized carbons (Fsp3) is 0.824. The number of rotatable bonds is 6. The van der Waals surface area contributed by atoms with Crippen molar-refractivity contribution in [1.82, 2.24) is 10.6 Å². The van der Waals surface area contributed by atoms with E-state index in [1.807, 2.05) is 0 Å². The van der Waals surface area contributed by atoms with Crippen molar-refractivity contribution in [2.75, 3.05) is 19.7 Å². The van der Waals surface area contributed by atoms with Crippen LogP contribution >= 0.6 is 0 Å². The fourth-order valence-electron chi connectivity index (χ4n) is 5.17. The molecule has 4 fully saturated rings. The van der Waals surface area contributed by atoms with Crippen LogP contribution < -0.4 is 10.6 Å². The highest BCUT2D eigenvalue weighted by Gasteiger charge is 2.54. The first-order valence-corrected chi connectivity index (χ1v) is 8.71. The molecule has 0 aromatic rings. The zero-order valence-electron chi connectivity index (χ0n) is 13.7. The van der Waals surface area contributed by atoms with Gasteiger partial charge in [-0.1, -0.05) is 0 Å². The highest BCUT2D eigenvalue weighted by molar-refractivity contribution is 5.87. The Morgan fingerprint density at radius 3 is 2.09 bits per heavy atom. The van der Waals surface area contributed by atoms with Crippen LogP contribution in [0.1, 0.15) is 45.4 Å². The second kappa shape index (κ2) is 6.49. The second-order valence-electron chi connectivity index (χ2n) is 7.49. The van der Waals surface area contributed by atoms with Gasteiger partial charge in [-0.15, -0.1) is 0 Å². The molecular weight excluding hydrogens is 296 g/mol. The van der Waals surface area contributed by atoms with Gasteiger partial charge in [0.1, 0.15) is 6.54 Å². The normalized spacial score (nSPS) is 34.0. The molecular formula is C17H26N2O4. The lowest BCUT2D eigenvalue weighted by Crippen LogP contribution is -2.54.